The van der Waals surface area contributed by atoms with E-state index in [4.69, 9.17) is 4.84 Å². The minimum Gasteiger partial charge on any atom is -0.295 e. The zero-order valence-corrected chi connectivity index (χ0v) is 9.72. The van der Waals surface area contributed by atoms with Crippen molar-refractivity contribution in [2.24, 2.45) is 0 Å². The predicted octanol–water partition coefficient (Wildman–Crippen LogP) is 2.61. The average Bonchev–Trinajstić information content (AvgIpc) is 2.01. The molecule has 0 N–H and O–H groups in total. The number of hydrogen-bond donors (Lipinski definition) is 0. The van der Waals surface area contributed by atoms with E-state index in [1.165, 1.54) is 22.3 Å². The summed E-state index contributed by atoms with van der Waals surface area (Å²) in [7, 11) is 3.80. The van der Waals surface area contributed by atoms with Gasteiger partial charge in [0.1, 0.15) is 0 Å². The predicted molar refractivity (Wildman–Crippen MR) is 59.1 cm³/mol. The summed E-state index contributed by atoms with van der Waals surface area (Å²) in [5.41, 5.74) is 5.23. The van der Waals surface area contributed by atoms with Crippen molar-refractivity contribution in [2.45, 2.75) is 27.4 Å². The van der Waals surface area contributed by atoms with Gasteiger partial charge in [0.05, 0.1) is 6.61 Å². The van der Waals surface area contributed by atoms with Gasteiger partial charge in [0.15, 0.2) is 0 Å². The third kappa shape index (κ3) is 2.82. The quantitative estimate of drug-likeness (QED) is 0.684. The van der Waals surface area contributed by atoms with E-state index in [9.17, 15) is 0 Å². The Kier molecular flexibility index (Phi) is 3.67. The Morgan fingerprint density at radius 2 is 1.57 bits per heavy atom. The third-order valence-corrected chi connectivity index (χ3v) is 2.31. The molecule has 14 heavy (non-hydrogen) atoms. The Morgan fingerprint density at radius 1 is 1.07 bits per heavy atom. The molecule has 0 heterocycles. The molecule has 0 radical (unpaired) electrons. The first kappa shape index (κ1) is 11.2. The van der Waals surface area contributed by atoms with E-state index in [2.05, 4.69) is 32.9 Å². The van der Waals surface area contributed by atoms with Gasteiger partial charge in [-0.25, -0.2) is 0 Å². The fourth-order valence-electron chi connectivity index (χ4n) is 1.63. The summed E-state index contributed by atoms with van der Waals surface area (Å²) in [6.07, 6.45) is 0. The maximum atomic E-state index is 5.46. The van der Waals surface area contributed by atoms with Crippen LogP contribution in [0.4, 0.5) is 0 Å². The van der Waals surface area contributed by atoms with Gasteiger partial charge in [0.2, 0.25) is 0 Å². The van der Waals surface area contributed by atoms with Crippen LogP contribution >= 0.6 is 0 Å². The van der Waals surface area contributed by atoms with Crippen molar-refractivity contribution in [1.29, 1.82) is 0 Å². The van der Waals surface area contributed by atoms with Crippen molar-refractivity contribution in [3.63, 3.8) is 0 Å². The lowest BCUT2D eigenvalue weighted by molar-refractivity contribution is -0.131. The van der Waals surface area contributed by atoms with Gasteiger partial charge in [-0.1, -0.05) is 17.7 Å². The Bertz CT molecular complexity index is 295. The summed E-state index contributed by atoms with van der Waals surface area (Å²) >= 11 is 0. The Morgan fingerprint density at radius 3 is 2.00 bits per heavy atom. The van der Waals surface area contributed by atoms with Crippen LogP contribution in [0, 0.1) is 20.8 Å². The lowest BCUT2D eigenvalue weighted by atomic mass is 10.0. The van der Waals surface area contributed by atoms with Crippen LogP contribution < -0.4 is 0 Å². The van der Waals surface area contributed by atoms with Crippen LogP contribution in [0.3, 0.4) is 0 Å². The highest BCUT2D eigenvalue weighted by Gasteiger charge is 2.04. The molecule has 0 unspecified atom stereocenters. The van der Waals surface area contributed by atoms with Gasteiger partial charge in [-0.2, -0.15) is 5.06 Å². The van der Waals surface area contributed by atoms with Crippen LogP contribution in [0.15, 0.2) is 12.1 Å². The standard InChI is InChI=1S/C12H19NO/c1-9-6-10(2)12(11(3)7-9)8-14-13(4)5/h6-7H,8H2,1-5H3. The molecule has 0 saturated carbocycles. The molecule has 1 aromatic carbocycles. The molecule has 0 saturated heterocycles. The molecule has 0 bridgehead atoms. The molecule has 78 valence electrons. The van der Waals surface area contributed by atoms with E-state index < -0.39 is 0 Å². The summed E-state index contributed by atoms with van der Waals surface area (Å²) in [5, 5.41) is 1.73. The highest BCUT2D eigenvalue weighted by Crippen LogP contribution is 2.17. The number of benzene rings is 1. The molecule has 1 aromatic rings. The van der Waals surface area contributed by atoms with Crippen molar-refractivity contribution < 1.29 is 4.84 Å². The molecular weight excluding hydrogens is 174 g/mol. The molecular formula is C12H19NO. The summed E-state index contributed by atoms with van der Waals surface area (Å²) < 4.78 is 0. The van der Waals surface area contributed by atoms with E-state index in [1.807, 2.05) is 14.1 Å². The van der Waals surface area contributed by atoms with Gasteiger partial charge in [-0.15, -0.1) is 0 Å². The minimum absolute atomic E-state index is 0.658. The van der Waals surface area contributed by atoms with Crippen molar-refractivity contribution in [1.82, 2.24) is 5.06 Å². The van der Waals surface area contributed by atoms with Crippen LogP contribution in [0.1, 0.15) is 22.3 Å². The number of rotatable bonds is 3. The maximum Gasteiger partial charge on any atom is 0.0940 e. The van der Waals surface area contributed by atoms with Gasteiger partial charge in [-0.3, -0.25) is 4.84 Å². The molecule has 2 nitrogen and oxygen atoms in total. The lowest BCUT2D eigenvalue weighted by Crippen LogP contribution is -2.13. The molecule has 0 spiro atoms. The zero-order valence-electron chi connectivity index (χ0n) is 9.72. The second-order valence-electron chi connectivity index (χ2n) is 3.96. The molecule has 1 rings (SSSR count). The zero-order chi connectivity index (χ0) is 10.7. The van der Waals surface area contributed by atoms with Gasteiger partial charge >= 0.3 is 0 Å². The third-order valence-electron chi connectivity index (χ3n) is 2.31. The summed E-state index contributed by atoms with van der Waals surface area (Å²) in [6.45, 7) is 7.05. The Balaban J connectivity index is 2.86. The van der Waals surface area contributed by atoms with Crippen LogP contribution in [0.25, 0.3) is 0 Å². The lowest BCUT2D eigenvalue weighted by Gasteiger charge is -2.14. The van der Waals surface area contributed by atoms with Crippen molar-refractivity contribution in [3.8, 4) is 0 Å². The molecule has 0 aliphatic heterocycles. The number of nitrogens with zero attached hydrogens (tertiary/aromatic N) is 1. The molecule has 0 fully saturated rings. The molecule has 0 aliphatic rings. The second-order valence-corrected chi connectivity index (χ2v) is 3.96. The largest absolute Gasteiger partial charge is 0.295 e. The molecule has 0 aliphatic carbocycles. The van der Waals surface area contributed by atoms with Crippen LogP contribution in [-0.4, -0.2) is 19.2 Å². The first-order valence-corrected chi connectivity index (χ1v) is 4.87. The van der Waals surface area contributed by atoms with Crippen molar-refractivity contribution in [3.05, 3.63) is 34.4 Å². The monoisotopic (exact) mass is 193 g/mol. The average molecular weight is 193 g/mol. The van der Waals surface area contributed by atoms with Gasteiger partial charge in [-0.05, 0) is 37.5 Å². The van der Waals surface area contributed by atoms with Crippen LogP contribution in [0.2, 0.25) is 0 Å². The first-order chi connectivity index (χ1) is 6.50. The highest BCUT2D eigenvalue weighted by molar-refractivity contribution is 5.36. The van der Waals surface area contributed by atoms with Gasteiger partial charge in [0.25, 0.3) is 0 Å². The van der Waals surface area contributed by atoms with Gasteiger partial charge < -0.3 is 0 Å². The number of aryl methyl sites for hydroxylation is 3. The summed E-state index contributed by atoms with van der Waals surface area (Å²) in [6, 6.07) is 4.39. The maximum absolute atomic E-state index is 5.46. The van der Waals surface area contributed by atoms with Gasteiger partial charge in [0, 0.05) is 14.1 Å². The minimum atomic E-state index is 0.658. The fourth-order valence-corrected chi connectivity index (χ4v) is 1.63. The summed E-state index contributed by atoms with van der Waals surface area (Å²) in [4.78, 5) is 5.46. The number of hydrogen-bond acceptors (Lipinski definition) is 2. The van der Waals surface area contributed by atoms with E-state index in [-0.39, 0.29) is 0 Å². The molecule has 0 atom stereocenters. The highest BCUT2D eigenvalue weighted by atomic mass is 16.7. The summed E-state index contributed by atoms with van der Waals surface area (Å²) in [5.74, 6) is 0. The normalized spacial score (nSPS) is 11.0. The van der Waals surface area contributed by atoms with E-state index in [0.29, 0.717) is 6.61 Å². The fraction of sp³-hybridized carbons (Fsp3) is 0.500. The second kappa shape index (κ2) is 4.58. The van der Waals surface area contributed by atoms with Crippen molar-refractivity contribution >= 4 is 0 Å². The van der Waals surface area contributed by atoms with E-state index in [1.54, 1.807) is 5.06 Å². The Labute approximate surface area is 86.4 Å². The van der Waals surface area contributed by atoms with E-state index in [0.717, 1.165) is 0 Å². The number of hydroxylamine groups is 2. The van der Waals surface area contributed by atoms with E-state index >= 15 is 0 Å². The van der Waals surface area contributed by atoms with Crippen LogP contribution in [-0.2, 0) is 11.4 Å². The Hall–Kier alpha value is -0.860. The van der Waals surface area contributed by atoms with Crippen molar-refractivity contribution in [2.75, 3.05) is 14.1 Å². The molecule has 2 heteroatoms. The first-order valence-electron chi connectivity index (χ1n) is 4.87. The van der Waals surface area contributed by atoms with Crippen LogP contribution in [0.5, 0.6) is 0 Å². The molecule has 0 amide bonds. The topological polar surface area (TPSA) is 12.5 Å². The molecule has 0 aromatic heterocycles. The smallest absolute Gasteiger partial charge is 0.0940 e. The SMILES string of the molecule is Cc1cc(C)c(CON(C)C)c(C)c1.